The fourth-order valence-corrected chi connectivity index (χ4v) is 1.78. The first-order chi connectivity index (χ1) is 6.79. The van der Waals surface area contributed by atoms with Crippen LogP contribution in [-0.2, 0) is 17.6 Å². The Morgan fingerprint density at radius 2 is 2.14 bits per heavy atom. The molecule has 0 aliphatic heterocycles. The number of ether oxygens (including phenoxy) is 1. The van der Waals surface area contributed by atoms with E-state index in [0.717, 1.165) is 12.8 Å². The minimum absolute atomic E-state index is 0.532. The van der Waals surface area contributed by atoms with Crippen LogP contribution in [0, 0.1) is 0 Å². The Morgan fingerprint density at radius 3 is 2.93 bits per heavy atom. The number of hydrogen-bond acceptors (Lipinski definition) is 3. The van der Waals surface area contributed by atoms with E-state index in [1.807, 2.05) is 12.1 Å². The van der Waals surface area contributed by atoms with Crippen LogP contribution in [0.15, 0.2) is 18.2 Å². The van der Waals surface area contributed by atoms with Crippen LogP contribution in [-0.4, -0.2) is 17.7 Å². The van der Waals surface area contributed by atoms with E-state index in [4.69, 9.17) is 9.84 Å². The predicted octanol–water partition coefficient (Wildman–Crippen LogP) is 1.07. The molecule has 0 spiro atoms. The zero-order chi connectivity index (χ0) is 9.97. The topological polar surface area (TPSA) is 46.5 Å². The molecule has 0 atom stereocenters. The minimum Gasteiger partial charge on any atom is -0.425 e. The number of carbonyl (C=O) groups excluding carboxylic acids is 1. The molecule has 0 radical (unpaired) electrons. The van der Waals surface area contributed by atoms with E-state index in [1.54, 1.807) is 6.07 Å². The Bertz CT molecular complexity index is 358. The molecule has 14 heavy (non-hydrogen) atoms. The van der Waals surface area contributed by atoms with Crippen LogP contribution in [0.25, 0.3) is 0 Å². The quantitative estimate of drug-likeness (QED) is 0.563. The molecule has 3 heteroatoms. The van der Waals surface area contributed by atoms with Crippen LogP contribution in [0.2, 0.25) is 0 Å². The summed E-state index contributed by atoms with van der Waals surface area (Å²) in [5.41, 5.74) is 2.60. The van der Waals surface area contributed by atoms with Gasteiger partial charge in [-0.15, -0.1) is 0 Å². The molecular weight excluding hydrogens is 180 g/mol. The third-order valence-corrected chi connectivity index (χ3v) is 2.43. The van der Waals surface area contributed by atoms with E-state index in [2.05, 4.69) is 0 Å². The third kappa shape index (κ3) is 1.77. The van der Waals surface area contributed by atoms with Crippen LogP contribution in [0.1, 0.15) is 17.5 Å². The Kier molecular flexibility index (Phi) is 2.50. The van der Waals surface area contributed by atoms with Gasteiger partial charge in [0, 0.05) is 0 Å². The van der Waals surface area contributed by atoms with Crippen LogP contribution in [0.4, 0.5) is 0 Å². The molecule has 1 aliphatic carbocycles. The smallest absolute Gasteiger partial charge is 0.337 e. The minimum atomic E-state index is -0.608. The Hall–Kier alpha value is -1.35. The second-order valence-electron chi connectivity index (χ2n) is 3.42. The van der Waals surface area contributed by atoms with E-state index in [1.165, 1.54) is 17.5 Å². The highest BCUT2D eigenvalue weighted by Gasteiger charge is 2.12. The fraction of sp³-hybridized carbons (Fsp3) is 0.364. The van der Waals surface area contributed by atoms with E-state index in [0.29, 0.717) is 5.75 Å². The number of fused-ring (bicyclic) bond motifs is 1. The Labute approximate surface area is 82.3 Å². The van der Waals surface area contributed by atoms with Crippen molar-refractivity contribution < 1.29 is 14.6 Å². The van der Waals surface area contributed by atoms with Gasteiger partial charge in [-0.25, -0.2) is 4.79 Å². The average Bonchev–Trinajstić information content (AvgIpc) is 2.64. The average molecular weight is 192 g/mol. The molecule has 1 aromatic rings. The molecule has 0 fully saturated rings. The standard InChI is InChI=1S/C11H12O3/c12-7-11(13)14-10-5-4-8-2-1-3-9(8)6-10/h4-6,12H,1-3,7H2. The van der Waals surface area contributed by atoms with Crippen molar-refractivity contribution in [3.05, 3.63) is 29.3 Å². The molecule has 0 unspecified atom stereocenters. The number of aliphatic hydroxyl groups is 1. The molecule has 0 saturated carbocycles. The highest BCUT2D eigenvalue weighted by molar-refractivity contribution is 5.73. The van der Waals surface area contributed by atoms with Crippen molar-refractivity contribution in [3.63, 3.8) is 0 Å². The summed E-state index contributed by atoms with van der Waals surface area (Å²) in [5.74, 6) is -0.0763. The number of esters is 1. The molecule has 1 N–H and O–H groups in total. The fourth-order valence-electron chi connectivity index (χ4n) is 1.78. The van der Waals surface area contributed by atoms with Crippen molar-refractivity contribution in [3.8, 4) is 5.75 Å². The molecule has 1 aliphatic rings. The zero-order valence-corrected chi connectivity index (χ0v) is 7.82. The lowest BCUT2D eigenvalue weighted by atomic mass is 10.1. The van der Waals surface area contributed by atoms with Gasteiger partial charge in [-0.05, 0) is 42.5 Å². The second kappa shape index (κ2) is 3.80. The van der Waals surface area contributed by atoms with E-state index < -0.39 is 12.6 Å². The van der Waals surface area contributed by atoms with Crippen LogP contribution in [0.5, 0.6) is 5.75 Å². The van der Waals surface area contributed by atoms with Crippen molar-refractivity contribution in [2.75, 3.05) is 6.61 Å². The summed E-state index contributed by atoms with van der Waals surface area (Å²) in [6.45, 7) is -0.572. The highest BCUT2D eigenvalue weighted by Crippen LogP contribution is 2.25. The van der Waals surface area contributed by atoms with Crippen LogP contribution >= 0.6 is 0 Å². The monoisotopic (exact) mass is 192 g/mol. The summed E-state index contributed by atoms with van der Waals surface area (Å²) in [5, 5.41) is 8.51. The molecule has 74 valence electrons. The van der Waals surface area contributed by atoms with Crippen molar-refractivity contribution >= 4 is 5.97 Å². The summed E-state index contributed by atoms with van der Waals surface area (Å²) < 4.78 is 4.90. The third-order valence-electron chi connectivity index (χ3n) is 2.43. The van der Waals surface area contributed by atoms with E-state index in [-0.39, 0.29) is 0 Å². The predicted molar refractivity (Wildman–Crippen MR) is 51.2 cm³/mol. The van der Waals surface area contributed by atoms with Crippen LogP contribution in [0.3, 0.4) is 0 Å². The van der Waals surface area contributed by atoms with Gasteiger partial charge < -0.3 is 9.84 Å². The molecule has 3 nitrogen and oxygen atoms in total. The Balaban J connectivity index is 2.16. The Morgan fingerprint density at radius 1 is 1.36 bits per heavy atom. The lowest BCUT2D eigenvalue weighted by molar-refractivity contribution is -0.137. The molecular formula is C11H12O3. The number of benzene rings is 1. The van der Waals surface area contributed by atoms with Gasteiger partial charge in [0.15, 0.2) is 0 Å². The van der Waals surface area contributed by atoms with Crippen LogP contribution < -0.4 is 4.74 Å². The van der Waals surface area contributed by atoms with Crippen molar-refractivity contribution in [2.24, 2.45) is 0 Å². The molecule has 0 amide bonds. The summed E-state index contributed by atoms with van der Waals surface area (Å²) >= 11 is 0. The SMILES string of the molecule is O=C(CO)Oc1ccc2c(c1)CCC2. The van der Waals surface area contributed by atoms with E-state index >= 15 is 0 Å². The number of carbonyl (C=O) groups is 1. The number of aliphatic hydroxyl groups excluding tert-OH is 1. The lowest BCUT2D eigenvalue weighted by Crippen LogP contribution is -2.12. The summed E-state index contributed by atoms with van der Waals surface area (Å²) in [6, 6.07) is 5.65. The normalized spacial score (nSPS) is 13.8. The van der Waals surface area contributed by atoms with Crippen molar-refractivity contribution in [1.82, 2.24) is 0 Å². The van der Waals surface area contributed by atoms with Gasteiger partial charge in [0.2, 0.25) is 0 Å². The van der Waals surface area contributed by atoms with Gasteiger partial charge in [0.25, 0.3) is 0 Å². The van der Waals surface area contributed by atoms with Gasteiger partial charge in [-0.2, -0.15) is 0 Å². The molecule has 0 bridgehead atoms. The van der Waals surface area contributed by atoms with Crippen molar-refractivity contribution in [2.45, 2.75) is 19.3 Å². The van der Waals surface area contributed by atoms with Gasteiger partial charge in [0.1, 0.15) is 12.4 Å². The molecule has 2 rings (SSSR count). The van der Waals surface area contributed by atoms with Gasteiger partial charge in [-0.3, -0.25) is 0 Å². The largest absolute Gasteiger partial charge is 0.425 e. The van der Waals surface area contributed by atoms with E-state index in [9.17, 15) is 4.79 Å². The van der Waals surface area contributed by atoms with Gasteiger partial charge >= 0.3 is 5.97 Å². The number of aryl methyl sites for hydroxylation is 2. The number of hydrogen-bond donors (Lipinski definition) is 1. The lowest BCUT2D eigenvalue weighted by Gasteiger charge is -2.04. The molecule has 1 aromatic carbocycles. The maximum absolute atomic E-state index is 10.8. The maximum Gasteiger partial charge on any atom is 0.337 e. The van der Waals surface area contributed by atoms with Gasteiger partial charge in [-0.1, -0.05) is 6.07 Å². The zero-order valence-electron chi connectivity index (χ0n) is 7.82. The maximum atomic E-state index is 10.8. The molecule has 0 aromatic heterocycles. The number of rotatable bonds is 2. The summed E-state index contributed by atoms with van der Waals surface area (Å²) in [4.78, 5) is 10.8. The first kappa shape index (κ1) is 9.21. The first-order valence-electron chi connectivity index (χ1n) is 4.73. The highest BCUT2D eigenvalue weighted by atomic mass is 16.5. The van der Waals surface area contributed by atoms with Crippen molar-refractivity contribution in [1.29, 1.82) is 0 Å². The molecule has 0 heterocycles. The first-order valence-corrected chi connectivity index (χ1v) is 4.73. The van der Waals surface area contributed by atoms with Gasteiger partial charge in [0.05, 0.1) is 0 Å². The molecule has 0 saturated heterocycles. The summed E-state index contributed by atoms with van der Waals surface area (Å²) in [7, 11) is 0. The summed E-state index contributed by atoms with van der Waals surface area (Å²) in [6.07, 6.45) is 3.34. The second-order valence-corrected chi connectivity index (χ2v) is 3.42.